The van der Waals surface area contributed by atoms with Gasteiger partial charge in [-0.15, -0.1) is 0 Å². The fraction of sp³-hybridized carbons (Fsp3) is 0.435. The highest BCUT2D eigenvalue weighted by atomic mass is 16.6. The molecule has 1 fully saturated rings. The van der Waals surface area contributed by atoms with Gasteiger partial charge in [0.15, 0.2) is 11.5 Å². The van der Waals surface area contributed by atoms with Crippen molar-refractivity contribution in [2.24, 2.45) is 0 Å². The number of carbonyl (C=O) groups excluding carboxylic acids is 1. The number of hydrogen-bond donors (Lipinski definition) is 1. The molecular formula is C23H29N3O4. The molecule has 1 amide bonds. The summed E-state index contributed by atoms with van der Waals surface area (Å²) in [5.41, 5.74) is 1.98. The van der Waals surface area contributed by atoms with Crippen molar-refractivity contribution in [1.82, 2.24) is 4.90 Å². The molecular weight excluding hydrogens is 382 g/mol. The molecule has 0 aromatic heterocycles. The molecule has 2 aliphatic rings. The van der Waals surface area contributed by atoms with Crippen LogP contribution in [0.3, 0.4) is 0 Å². The van der Waals surface area contributed by atoms with Gasteiger partial charge in [-0.25, -0.2) is 0 Å². The molecule has 1 N–H and O–H groups in total. The molecule has 30 heavy (non-hydrogen) atoms. The second kappa shape index (κ2) is 9.82. The van der Waals surface area contributed by atoms with Gasteiger partial charge in [0, 0.05) is 44.0 Å². The van der Waals surface area contributed by atoms with Gasteiger partial charge in [0.05, 0.1) is 13.2 Å². The summed E-state index contributed by atoms with van der Waals surface area (Å²) in [5, 5.41) is 2.98. The maximum atomic E-state index is 12.3. The van der Waals surface area contributed by atoms with Gasteiger partial charge in [-0.05, 0) is 43.4 Å². The van der Waals surface area contributed by atoms with Crippen LogP contribution in [0.4, 0.5) is 11.4 Å². The van der Waals surface area contributed by atoms with Gasteiger partial charge in [-0.1, -0.05) is 12.1 Å². The van der Waals surface area contributed by atoms with Gasteiger partial charge >= 0.3 is 0 Å². The normalized spacial score (nSPS) is 18.3. The lowest BCUT2D eigenvalue weighted by Crippen LogP contribution is -2.40. The molecule has 0 spiro atoms. The molecule has 2 heterocycles. The molecule has 0 radical (unpaired) electrons. The van der Waals surface area contributed by atoms with Crippen LogP contribution in [-0.2, 0) is 9.53 Å². The van der Waals surface area contributed by atoms with Gasteiger partial charge in [0.25, 0.3) is 0 Å². The first-order valence-electron chi connectivity index (χ1n) is 10.5. The number of carbonyl (C=O) groups is 1. The molecule has 2 aromatic rings. The van der Waals surface area contributed by atoms with Crippen molar-refractivity contribution >= 4 is 17.3 Å². The van der Waals surface area contributed by atoms with E-state index >= 15 is 0 Å². The summed E-state index contributed by atoms with van der Waals surface area (Å²) < 4.78 is 17.1. The standard InChI is InChI=1S/C23H29N3O4/c1-25(16-20-17-29-21-4-2-3-5-22(21)30-20)11-10-23(27)24-18-6-8-19(9-7-18)26-12-14-28-15-13-26/h2-9,20H,10-17H2,1H3,(H,24,27). The minimum atomic E-state index is -0.0410. The van der Waals surface area contributed by atoms with E-state index in [-0.39, 0.29) is 12.0 Å². The first kappa shape index (κ1) is 20.5. The van der Waals surface area contributed by atoms with Crippen molar-refractivity contribution in [3.05, 3.63) is 48.5 Å². The molecule has 1 atom stereocenters. The molecule has 4 rings (SSSR count). The summed E-state index contributed by atoms with van der Waals surface area (Å²) in [5.74, 6) is 1.57. The molecule has 0 bridgehead atoms. The Morgan fingerprint density at radius 3 is 2.60 bits per heavy atom. The third-order valence-electron chi connectivity index (χ3n) is 5.33. The van der Waals surface area contributed by atoms with E-state index in [1.807, 2.05) is 55.6 Å². The zero-order valence-corrected chi connectivity index (χ0v) is 17.4. The van der Waals surface area contributed by atoms with Crippen molar-refractivity contribution in [3.8, 4) is 11.5 Å². The fourth-order valence-corrected chi connectivity index (χ4v) is 3.68. The number of fused-ring (bicyclic) bond motifs is 1. The number of rotatable bonds is 7. The molecule has 2 aromatic carbocycles. The van der Waals surface area contributed by atoms with Gasteiger partial charge in [0.2, 0.25) is 5.91 Å². The Morgan fingerprint density at radius 1 is 1.10 bits per heavy atom. The van der Waals surface area contributed by atoms with E-state index in [0.717, 1.165) is 49.2 Å². The number of nitrogens with zero attached hydrogens (tertiary/aromatic N) is 2. The van der Waals surface area contributed by atoms with Crippen LogP contribution in [0.1, 0.15) is 6.42 Å². The van der Waals surface area contributed by atoms with Crippen LogP contribution < -0.4 is 19.7 Å². The van der Waals surface area contributed by atoms with Crippen LogP contribution >= 0.6 is 0 Å². The number of amides is 1. The number of ether oxygens (including phenoxy) is 3. The lowest BCUT2D eigenvalue weighted by atomic mass is 10.2. The summed E-state index contributed by atoms with van der Waals surface area (Å²) in [6.45, 7) is 5.20. The van der Waals surface area contributed by atoms with Gasteiger partial charge < -0.3 is 29.3 Å². The first-order valence-corrected chi connectivity index (χ1v) is 10.5. The molecule has 2 aliphatic heterocycles. The maximum absolute atomic E-state index is 12.3. The first-order chi connectivity index (χ1) is 14.7. The monoisotopic (exact) mass is 411 g/mol. The quantitative estimate of drug-likeness (QED) is 0.756. The predicted octanol–water partition coefficient (Wildman–Crippen LogP) is 2.62. The molecule has 0 saturated carbocycles. The van der Waals surface area contributed by atoms with Gasteiger partial charge in [-0.2, -0.15) is 0 Å². The van der Waals surface area contributed by atoms with Crippen molar-refractivity contribution in [2.45, 2.75) is 12.5 Å². The van der Waals surface area contributed by atoms with Crippen molar-refractivity contribution in [1.29, 1.82) is 0 Å². The highest BCUT2D eigenvalue weighted by Gasteiger charge is 2.22. The highest BCUT2D eigenvalue weighted by molar-refractivity contribution is 5.91. The number of hydrogen-bond acceptors (Lipinski definition) is 6. The van der Waals surface area contributed by atoms with Crippen molar-refractivity contribution in [3.63, 3.8) is 0 Å². The molecule has 1 unspecified atom stereocenters. The molecule has 7 nitrogen and oxygen atoms in total. The number of likely N-dealkylation sites (N-methyl/N-ethyl adjacent to an activating group) is 1. The van der Waals surface area contributed by atoms with Crippen LogP contribution in [0.15, 0.2) is 48.5 Å². The Balaban J connectivity index is 1.19. The maximum Gasteiger partial charge on any atom is 0.225 e. The SMILES string of the molecule is CN(CCC(=O)Nc1ccc(N2CCOCC2)cc1)CC1COc2ccccc2O1. The highest BCUT2D eigenvalue weighted by Crippen LogP contribution is 2.30. The summed E-state index contributed by atoms with van der Waals surface area (Å²) in [6.07, 6.45) is 0.381. The van der Waals surface area contributed by atoms with Crippen molar-refractivity contribution in [2.75, 3.05) is 63.3 Å². The minimum absolute atomic E-state index is 0.00660. The summed E-state index contributed by atoms with van der Waals surface area (Å²) in [7, 11) is 1.99. The number of morpholine rings is 1. The van der Waals surface area contributed by atoms with Crippen molar-refractivity contribution < 1.29 is 19.0 Å². The fourth-order valence-electron chi connectivity index (χ4n) is 3.68. The van der Waals surface area contributed by atoms with E-state index in [4.69, 9.17) is 14.2 Å². The molecule has 1 saturated heterocycles. The Kier molecular flexibility index (Phi) is 6.71. The number of para-hydroxylation sites is 2. The predicted molar refractivity (Wildman–Crippen MR) is 117 cm³/mol. The van der Waals surface area contributed by atoms with E-state index in [1.54, 1.807) is 0 Å². The lowest BCUT2D eigenvalue weighted by Gasteiger charge is -2.29. The van der Waals surface area contributed by atoms with Crippen LogP contribution in [0, 0.1) is 0 Å². The number of benzene rings is 2. The second-order valence-electron chi connectivity index (χ2n) is 7.70. The van der Waals surface area contributed by atoms with E-state index in [9.17, 15) is 4.79 Å². The Hall–Kier alpha value is -2.77. The van der Waals surface area contributed by atoms with Crippen LogP contribution in [0.2, 0.25) is 0 Å². The third-order valence-corrected chi connectivity index (χ3v) is 5.33. The Bertz CT molecular complexity index is 837. The second-order valence-corrected chi connectivity index (χ2v) is 7.70. The van der Waals surface area contributed by atoms with Crippen LogP contribution in [0.5, 0.6) is 11.5 Å². The molecule has 7 heteroatoms. The van der Waals surface area contributed by atoms with Crippen LogP contribution in [0.25, 0.3) is 0 Å². The van der Waals surface area contributed by atoms with Crippen LogP contribution in [-0.4, -0.2) is 70.0 Å². The summed E-state index contributed by atoms with van der Waals surface area (Å²) in [4.78, 5) is 16.7. The third kappa shape index (κ3) is 5.43. The zero-order valence-electron chi connectivity index (χ0n) is 17.4. The van der Waals surface area contributed by atoms with E-state index in [1.165, 1.54) is 0 Å². The average molecular weight is 412 g/mol. The topological polar surface area (TPSA) is 63.3 Å². The van der Waals surface area contributed by atoms with E-state index < -0.39 is 0 Å². The zero-order chi connectivity index (χ0) is 20.8. The Morgan fingerprint density at radius 2 is 1.83 bits per heavy atom. The van der Waals surface area contributed by atoms with Gasteiger partial charge in [0.1, 0.15) is 12.7 Å². The van der Waals surface area contributed by atoms with Gasteiger partial charge in [-0.3, -0.25) is 4.79 Å². The Labute approximate surface area is 177 Å². The molecule has 160 valence electrons. The minimum Gasteiger partial charge on any atom is -0.486 e. The average Bonchev–Trinajstić information content (AvgIpc) is 2.79. The summed E-state index contributed by atoms with van der Waals surface area (Å²) >= 11 is 0. The summed E-state index contributed by atoms with van der Waals surface area (Å²) in [6, 6.07) is 15.7. The van der Waals surface area contributed by atoms with E-state index in [2.05, 4.69) is 15.1 Å². The smallest absolute Gasteiger partial charge is 0.225 e. The number of anilines is 2. The largest absolute Gasteiger partial charge is 0.486 e. The van der Waals surface area contributed by atoms with E-state index in [0.29, 0.717) is 26.1 Å². The lowest BCUT2D eigenvalue weighted by molar-refractivity contribution is -0.116. The molecule has 0 aliphatic carbocycles. The number of nitrogens with one attached hydrogen (secondary N) is 1.